The molecule has 0 radical (unpaired) electrons. The second kappa shape index (κ2) is 4.80. The van der Waals surface area contributed by atoms with Gasteiger partial charge in [-0.2, -0.15) is 4.98 Å². The van der Waals surface area contributed by atoms with Crippen LogP contribution < -0.4 is 0 Å². The van der Waals surface area contributed by atoms with Gasteiger partial charge in [-0.05, 0) is 6.92 Å². The molecule has 0 amide bonds. The van der Waals surface area contributed by atoms with E-state index in [1.165, 1.54) is 7.11 Å². The Morgan fingerprint density at radius 1 is 1.71 bits per heavy atom. The molecule has 1 fully saturated rings. The lowest BCUT2D eigenvalue weighted by atomic mass is 10.2. The highest BCUT2D eigenvalue weighted by Crippen LogP contribution is 2.21. The number of carbonyl (C=O) groups excluding carboxylic acids is 1. The number of carbonyl (C=O) groups is 1. The summed E-state index contributed by atoms with van der Waals surface area (Å²) in [5, 5.41) is 13.3. The number of hydrogen-bond acceptors (Lipinski definition) is 7. The van der Waals surface area contributed by atoms with Crippen LogP contribution >= 0.6 is 0 Å². The number of rotatable bonds is 3. The summed E-state index contributed by atoms with van der Waals surface area (Å²) < 4.78 is 9.68. The van der Waals surface area contributed by atoms with Gasteiger partial charge in [0.2, 0.25) is 5.89 Å². The largest absolute Gasteiger partial charge is 0.468 e. The van der Waals surface area contributed by atoms with E-state index in [9.17, 15) is 9.90 Å². The molecular formula is C10H15N3O4. The van der Waals surface area contributed by atoms with Crippen molar-refractivity contribution in [2.45, 2.75) is 32.0 Å². The van der Waals surface area contributed by atoms with Crippen LogP contribution in [0.4, 0.5) is 0 Å². The Balaban J connectivity index is 2.05. The number of aromatic nitrogens is 2. The first-order chi connectivity index (χ1) is 8.10. The minimum Gasteiger partial charge on any atom is -0.468 e. The maximum Gasteiger partial charge on any atom is 0.323 e. The Labute approximate surface area is 98.4 Å². The van der Waals surface area contributed by atoms with E-state index >= 15 is 0 Å². The van der Waals surface area contributed by atoms with Crippen LogP contribution in [0, 0.1) is 6.92 Å². The average Bonchev–Trinajstić information content (AvgIpc) is 2.85. The topological polar surface area (TPSA) is 88.7 Å². The van der Waals surface area contributed by atoms with E-state index in [4.69, 9.17) is 9.26 Å². The zero-order valence-corrected chi connectivity index (χ0v) is 9.79. The summed E-state index contributed by atoms with van der Waals surface area (Å²) in [6.45, 7) is 2.47. The number of β-amino-alcohol motifs (C(OH)–C–C–N with tert-alkyl or cyclic N) is 1. The summed E-state index contributed by atoms with van der Waals surface area (Å²) in [6.07, 6.45) is -0.150. The fourth-order valence-electron chi connectivity index (χ4n) is 2.01. The molecule has 2 unspecified atom stereocenters. The van der Waals surface area contributed by atoms with Crippen LogP contribution in [0.15, 0.2) is 4.52 Å². The van der Waals surface area contributed by atoms with Crippen molar-refractivity contribution < 1.29 is 19.2 Å². The van der Waals surface area contributed by atoms with Crippen LogP contribution in [-0.4, -0.2) is 51.9 Å². The molecule has 94 valence electrons. The third-order valence-corrected chi connectivity index (χ3v) is 2.76. The van der Waals surface area contributed by atoms with Crippen LogP contribution in [0.3, 0.4) is 0 Å². The number of likely N-dealkylation sites (tertiary alicyclic amines) is 1. The van der Waals surface area contributed by atoms with Gasteiger partial charge in [0.1, 0.15) is 6.04 Å². The van der Waals surface area contributed by atoms with E-state index in [0.717, 1.165) is 0 Å². The molecule has 2 heterocycles. The highest BCUT2D eigenvalue weighted by Gasteiger charge is 2.37. The quantitative estimate of drug-likeness (QED) is 0.712. The molecule has 1 aromatic rings. The molecule has 1 aromatic heterocycles. The lowest BCUT2D eigenvalue weighted by Crippen LogP contribution is -2.36. The van der Waals surface area contributed by atoms with Gasteiger partial charge in [0.15, 0.2) is 5.82 Å². The predicted octanol–water partition coefficient (Wildman–Crippen LogP) is -0.514. The number of hydrogen-bond donors (Lipinski definition) is 1. The van der Waals surface area contributed by atoms with Crippen molar-refractivity contribution in [3.63, 3.8) is 0 Å². The monoisotopic (exact) mass is 241 g/mol. The van der Waals surface area contributed by atoms with E-state index in [1.807, 2.05) is 0 Å². The average molecular weight is 241 g/mol. The number of methoxy groups -OCH3 is 1. The second-order valence-electron chi connectivity index (χ2n) is 4.09. The van der Waals surface area contributed by atoms with Crippen molar-refractivity contribution in [2.24, 2.45) is 0 Å². The van der Waals surface area contributed by atoms with Gasteiger partial charge in [-0.15, -0.1) is 0 Å². The normalized spacial score (nSPS) is 25.1. The van der Waals surface area contributed by atoms with Crippen molar-refractivity contribution in [1.82, 2.24) is 15.0 Å². The fourth-order valence-corrected chi connectivity index (χ4v) is 2.01. The van der Waals surface area contributed by atoms with E-state index in [1.54, 1.807) is 11.8 Å². The van der Waals surface area contributed by atoms with Crippen LogP contribution in [-0.2, 0) is 16.1 Å². The van der Waals surface area contributed by atoms with E-state index in [-0.39, 0.29) is 5.97 Å². The lowest BCUT2D eigenvalue weighted by Gasteiger charge is -2.19. The molecule has 2 atom stereocenters. The third-order valence-electron chi connectivity index (χ3n) is 2.76. The van der Waals surface area contributed by atoms with Crippen molar-refractivity contribution in [2.75, 3.05) is 13.7 Å². The lowest BCUT2D eigenvalue weighted by molar-refractivity contribution is -0.146. The highest BCUT2D eigenvalue weighted by atomic mass is 16.5. The number of aryl methyl sites for hydroxylation is 1. The molecule has 0 spiro atoms. The number of nitrogens with zero attached hydrogens (tertiary/aromatic N) is 3. The highest BCUT2D eigenvalue weighted by molar-refractivity contribution is 5.76. The standard InChI is InChI=1S/C10H15N3O4/c1-6-11-9(17-12-6)5-13-4-7(14)3-8(13)10(15)16-2/h7-8,14H,3-5H2,1-2H3. The third kappa shape index (κ3) is 2.62. The molecular weight excluding hydrogens is 226 g/mol. The van der Waals surface area contributed by atoms with Gasteiger partial charge >= 0.3 is 5.97 Å². The van der Waals surface area contributed by atoms with Gasteiger partial charge in [0.25, 0.3) is 0 Å². The molecule has 7 nitrogen and oxygen atoms in total. The smallest absolute Gasteiger partial charge is 0.323 e. The molecule has 1 N–H and O–H groups in total. The van der Waals surface area contributed by atoms with Gasteiger partial charge in [-0.1, -0.05) is 5.16 Å². The summed E-state index contributed by atoms with van der Waals surface area (Å²) in [4.78, 5) is 17.4. The van der Waals surface area contributed by atoms with E-state index in [0.29, 0.717) is 31.2 Å². The van der Waals surface area contributed by atoms with Crippen LogP contribution in [0.1, 0.15) is 18.1 Å². The van der Waals surface area contributed by atoms with Crippen molar-refractivity contribution in [3.05, 3.63) is 11.7 Å². The Hall–Kier alpha value is -1.47. The molecule has 0 aromatic carbocycles. The molecule has 0 bridgehead atoms. The van der Waals surface area contributed by atoms with Crippen LogP contribution in [0.5, 0.6) is 0 Å². The van der Waals surface area contributed by atoms with E-state index in [2.05, 4.69) is 10.1 Å². The number of aliphatic hydroxyl groups excluding tert-OH is 1. The Morgan fingerprint density at radius 3 is 3.06 bits per heavy atom. The summed E-state index contributed by atoms with van der Waals surface area (Å²) in [6, 6.07) is -0.442. The van der Waals surface area contributed by atoms with Gasteiger partial charge < -0.3 is 14.4 Å². The van der Waals surface area contributed by atoms with Gasteiger partial charge in [0, 0.05) is 13.0 Å². The molecule has 0 saturated carbocycles. The zero-order valence-electron chi connectivity index (χ0n) is 9.79. The van der Waals surface area contributed by atoms with Crippen molar-refractivity contribution in [3.8, 4) is 0 Å². The number of esters is 1. The molecule has 1 aliphatic heterocycles. The SMILES string of the molecule is COC(=O)C1CC(O)CN1Cc1nc(C)no1. The molecule has 7 heteroatoms. The summed E-state index contributed by atoms with van der Waals surface area (Å²) >= 11 is 0. The Morgan fingerprint density at radius 2 is 2.47 bits per heavy atom. The fraction of sp³-hybridized carbons (Fsp3) is 0.700. The van der Waals surface area contributed by atoms with Crippen LogP contribution in [0.2, 0.25) is 0 Å². The summed E-state index contributed by atoms with van der Waals surface area (Å²) in [5.74, 6) is 0.637. The molecule has 0 aliphatic carbocycles. The Bertz CT molecular complexity index is 406. The van der Waals surface area contributed by atoms with Gasteiger partial charge in [-0.25, -0.2) is 0 Å². The minimum absolute atomic E-state index is 0.345. The maximum absolute atomic E-state index is 11.5. The number of aliphatic hydroxyl groups is 1. The minimum atomic E-state index is -0.525. The molecule has 2 rings (SSSR count). The first-order valence-corrected chi connectivity index (χ1v) is 5.39. The first-order valence-electron chi connectivity index (χ1n) is 5.39. The van der Waals surface area contributed by atoms with E-state index < -0.39 is 12.1 Å². The second-order valence-corrected chi connectivity index (χ2v) is 4.09. The molecule has 1 aliphatic rings. The summed E-state index contributed by atoms with van der Waals surface area (Å²) in [7, 11) is 1.34. The zero-order chi connectivity index (χ0) is 12.4. The predicted molar refractivity (Wildman–Crippen MR) is 55.9 cm³/mol. The van der Waals surface area contributed by atoms with Crippen molar-refractivity contribution >= 4 is 5.97 Å². The maximum atomic E-state index is 11.5. The molecule has 1 saturated heterocycles. The molecule has 17 heavy (non-hydrogen) atoms. The van der Waals surface area contributed by atoms with Gasteiger partial charge in [0.05, 0.1) is 19.8 Å². The summed E-state index contributed by atoms with van der Waals surface area (Å²) in [5.41, 5.74) is 0. The number of ether oxygens (including phenoxy) is 1. The first kappa shape index (κ1) is 12.0. The van der Waals surface area contributed by atoms with Gasteiger partial charge in [-0.3, -0.25) is 9.69 Å². The van der Waals surface area contributed by atoms with Crippen molar-refractivity contribution in [1.29, 1.82) is 0 Å². The van der Waals surface area contributed by atoms with Crippen LogP contribution in [0.25, 0.3) is 0 Å². The Kier molecular flexibility index (Phi) is 3.39.